The van der Waals surface area contributed by atoms with E-state index in [1.165, 1.54) is 0 Å². The zero-order valence-electron chi connectivity index (χ0n) is 8.86. The molecule has 82 valence electrons. The van der Waals surface area contributed by atoms with Gasteiger partial charge in [0.2, 0.25) is 0 Å². The molecule has 1 aromatic carbocycles. The average molecular weight is 209 g/mol. The Hall–Kier alpha value is -1.71. The van der Waals surface area contributed by atoms with Crippen LogP contribution in [0.4, 0.5) is 5.69 Å². The molecular formula is C11H15NO3. The van der Waals surface area contributed by atoms with Gasteiger partial charge in [-0.05, 0) is 31.5 Å². The van der Waals surface area contributed by atoms with Gasteiger partial charge in [-0.15, -0.1) is 0 Å². The molecule has 1 atom stereocenters. The largest absolute Gasteiger partial charge is 0.492 e. The van der Waals surface area contributed by atoms with Gasteiger partial charge in [0.05, 0.1) is 18.2 Å². The monoisotopic (exact) mass is 209 g/mol. The van der Waals surface area contributed by atoms with Gasteiger partial charge in [0.1, 0.15) is 5.75 Å². The number of hydrogen-bond acceptors (Lipinski definition) is 3. The van der Waals surface area contributed by atoms with Gasteiger partial charge in [0, 0.05) is 0 Å². The van der Waals surface area contributed by atoms with Crippen molar-refractivity contribution in [3.05, 3.63) is 23.8 Å². The number of anilines is 1. The predicted octanol–water partition coefficient (Wildman–Crippen LogP) is 1.86. The minimum atomic E-state index is -0.859. The fraction of sp³-hybridized carbons (Fsp3) is 0.364. The Morgan fingerprint density at radius 2 is 2.27 bits per heavy atom. The van der Waals surface area contributed by atoms with E-state index in [0.717, 1.165) is 0 Å². The van der Waals surface area contributed by atoms with Crippen LogP contribution < -0.4 is 10.5 Å². The molecule has 15 heavy (non-hydrogen) atoms. The molecular weight excluding hydrogens is 194 g/mol. The molecule has 0 aliphatic rings. The third kappa shape index (κ3) is 2.62. The lowest BCUT2D eigenvalue weighted by Gasteiger charge is -2.11. The molecule has 0 bridgehead atoms. The minimum absolute atomic E-state index is 0.509. The van der Waals surface area contributed by atoms with Crippen molar-refractivity contribution in [3.8, 4) is 5.75 Å². The van der Waals surface area contributed by atoms with Crippen molar-refractivity contribution in [1.82, 2.24) is 0 Å². The summed E-state index contributed by atoms with van der Waals surface area (Å²) in [6.07, 6.45) is 0. The standard InChI is InChI=1S/C11H15NO3/c1-3-15-10-6-8(4-5-9(10)12)7(2)11(13)14/h4-7H,3,12H2,1-2H3,(H,13,14). The minimum Gasteiger partial charge on any atom is -0.492 e. The first-order valence-electron chi connectivity index (χ1n) is 4.81. The molecule has 0 amide bonds. The Balaban J connectivity index is 3.01. The number of nitrogens with two attached hydrogens (primary N) is 1. The lowest BCUT2D eigenvalue weighted by Crippen LogP contribution is -2.08. The van der Waals surface area contributed by atoms with Crippen LogP contribution in [0.15, 0.2) is 18.2 Å². The Labute approximate surface area is 88.7 Å². The van der Waals surface area contributed by atoms with Crippen LogP contribution in [-0.2, 0) is 4.79 Å². The Morgan fingerprint density at radius 3 is 2.80 bits per heavy atom. The number of ether oxygens (including phenoxy) is 1. The van der Waals surface area contributed by atoms with E-state index in [1.807, 2.05) is 6.92 Å². The molecule has 0 saturated heterocycles. The van der Waals surface area contributed by atoms with Gasteiger partial charge >= 0.3 is 5.97 Å². The number of hydrogen-bond donors (Lipinski definition) is 2. The molecule has 3 N–H and O–H groups in total. The number of benzene rings is 1. The maximum atomic E-state index is 10.8. The number of rotatable bonds is 4. The maximum absolute atomic E-state index is 10.8. The van der Waals surface area contributed by atoms with E-state index in [-0.39, 0.29) is 0 Å². The summed E-state index contributed by atoms with van der Waals surface area (Å²) in [5.74, 6) is -0.866. The first-order chi connectivity index (χ1) is 7.06. The van der Waals surface area contributed by atoms with Crippen molar-refractivity contribution in [3.63, 3.8) is 0 Å². The van der Waals surface area contributed by atoms with Crippen LogP contribution in [0, 0.1) is 0 Å². The van der Waals surface area contributed by atoms with Crippen LogP contribution in [0.2, 0.25) is 0 Å². The van der Waals surface area contributed by atoms with Crippen LogP contribution in [0.5, 0.6) is 5.75 Å². The third-order valence-electron chi connectivity index (χ3n) is 2.21. The summed E-state index contributed by atoms with van der Waals surface area (Å²) < 4.78 is 5.29. The Kier molecular flexibility index (Phi) is 3.55. The summed E-state index contributed by atoms with van der Waals surface area (Å²) in [5, 5.41) is 8.85. The second kappa shape index (κ2) is 4.68. The van der Waals surface area contributed by atoms with Gasteiger partial charge in [-0.1, -0.05) is 6.07 Å². The van der Waals surface area contributed by atoms with Crippen LogP contribution in [0.1, 0.15) is 25.3 Å². The van der Waals surface area contributed by atoms with E-state index < -0.39 is 11.9 Å². The summed E-state index contributed by atoms with van der Waals surface area (Å²) in [7, 11) is 0. The average Bonchev–Trinajstić information content (AvgIpc) is 2.20. The van der Waals surface area contributed by atoms with Gasteiger partial charge in [0.15, 0.2) is 0 Å². The van der Waals surface area contributed by atoms with Crippen molar-refractivity contribution < 1.29 is 14.6 Å². The van der Waals surface area contributed by atoms with E-state index in [4.69, 9.17) is 15.6 Å². The zero-order chi connectivity index (χ0) is 11.4. The molecule has 1 aromatic rings. The fourth-order valence-electron chi connectivity index (χ4n) is 1.24. The number of carboxylic acid groups (broad SMARTS) is 1. The third-order valence-corrected chi connectivity index (χ3v) is 2.21. The first-order valence-corrected chi connectivity index (χ1v) is 4.81. The van der Waals surface area contributed by atoms with Crippen LogP contribution in [-0.4, -0.2) is 17.7 Å². The number of carbonyl (C=O) groups is 1. The molecule has 0 radical (unpaired) electrons. The van der Waals surface area contributed by atoms with Crippen LogP contribution >= 0.6 is 0 Å². The first kappa shape index (κ1) is 11.4. The summed E-state index contributed by atoms with van der Waals surface area (Å²) in [4.78, 5) is 10.8. The molecule has 0 aromatic heterocycles. The summed E-state index contributed by atoms with van der Waals surface area (Å²) in [6.45, 7) is 3.99. The summed E-state index contributed by atoms with van der Waals surface area (Å²) in [5.41, 5.74) is 6.90. The quantitative estimate of drug-likeness (QED) is 0.742. The molecule has 0 heterocycles. The van der Waals surface area contributed by atoms with Gasteiger partial charge in [-0.25, -0.2) is 0 Å². The number of carboxylic acids is 1. The molecule has 0 fully saturated rings. The van der Waals surface area contributed by atoms with E-state index in [9.17, 15) is 4.79 Å². The molecule has 4 nitrogen and oxygen atoms in total. The summed E-state index contributed by atoms with van der Waals surface area (Å²) in [6, 6.07) is 5.05. The van der Waals surface area contributed by atoms with Gasteiger partial charge < -0.3 is 15.6 Å². The highest BCUT2D eigenvalue weighted by atomic mass is 16.5. The van der Waals surface area contributed by atoms with Crippen molar-refractivity contribution in [2.75, 3.05) is 12.3 Å². The molecule has 0 spiro atoms. The lowest BCUT2D eigenvalue weighted by molar-refractivity contribution is -0.138. The molecule has 0 aliphatic carbocycles. The zero-order valence-corrected chi connectivity index (χ0v) is 8.86. The molecule has 1 rings (SSSR count). The van der Waals surface area contributed by atoms with Gasteiger partial charge in [-0.3, -0.25) is 4.79 Å². The lowest BCUT2D eigenvalue weighted by atomic mass is 10.0. The van der Waals surface area contributed by atoms with E-state index in [0.29, 0.717) is 23.6 Å². The van der Waals surface area contributed by atoms with E-state index in [2.05, 4.69) is 0 Å². The normalized spacial score (nSPS) is 12.1. The topological polar surface area (TPSA) is 72.5 Å². The highest BCUT2D eigenvalue weighted by molar-refractivity contribution is 5.76. The van der Waals surface area contributed by atoms with Crippen molar-refractivity contribution >= 4 is 11.7 Å². The smallest absolute Gasteiger partial charge is 0.310 e. The second-order valence-electron chi connectivity index (χ2n) is 3.29. The van der Waals surface area contributed by atoms with Gasteiger partial charge in [-0.2, -0.15) is 0 Å². The highest BCUT2D eigenvalue weighted by Crippen LogP contribution is 2.26. The van der Waals surface area contributed by atoms with E-state index >= 15 is 0 Å². The fourth-order valence-corrected chi connectivity index (χ4v) is 1.24. The second-order valence-corrected chi connectivity index (χ2v) is 3.29. The van der Waals surface area contributed by atoms with Crippen LogP contribution in [0.3, 0.4) is 0 Å². The number of aliphatic carboxylic acids is 1. The molecule has 0 aliphatic heterocycles. The van der Waals surface area contributed by atoms with Crippen molar-refractivity contribution in [2.24, 2.45) is 0 Å². The van der Waals surface area contributed by atoms with Crippen LogP contribution in [0.25, 0.3) is 0 Å². The SMILES string of the molecule is CCOc1cc(C(C)C(=O)O)ccc1N. The molecule has 1 unspecified atom stereocenters. The van der Waals surface area contributed by atoms with Crippen molar-refractivity contribution in [2.45, 2.75) is 19.8 Å². The predicted molar refractivity (Wildman–Crippen MR) is 58.1 cm³/mol. The maximum Gasteiger partial charge on any atom is 0.310 e. The molecule has 0 saturated carbocycles. The Morgan fingerprint density at radius 1 is 1.60 bits per heavy atom. The molecule has 4 heteroatoms. The number of nitrogen functional groups attached to an aromatic ring is 1. The summed E-state index contributed by atoms with van der Waals surface area (Å²) >= 11 is 0. The van der Waals surface area contributed by atoms with Crippen molar-refractivity contribution in [1.29, 1.82) is 0 Å². The highest BCUT2D eigenvalue weighted by Gasteiger charge is 2.14. The van der Waals surface area contributed by atoms with E-state index in [1.54, 1.807) is 25.1 Å². The van der Waals surface area contributed by atoms with Gasteiger partial charge in [0.25, 0.3) is 0 Å². The Bertz CT molecular complexity index is 363.